The van der Waals surface area contributed by atoms with Crippen molar-refractivity contribution < 1.29 is 4.79 Å². The van der Waals surface area contributed by atoms with E-state index in [1.54, 1.807) is 13.1 Å². The van der Waals surface area contributed by atoms with Gasteiger partial charge in [0.1, 0.15) is 12.0 Å². The molecule has 62 valence electrons. The minimum atomic E-state index is 0.424. The van der Waals surface area contributed by atoms with Gasteiger partial charge in [0.2, 0.25) is 0 Å². The van der Waals surface area contributed by atoms with Gasteiger partial charge in [-0.05, 0) is 13.8 Å². The van der Waals surface area contributed by atoms with Gasteiger partial charge in [-0.15, -0.1) is 0 Å². The average molecular weight is 163 g/mol. The first-order chi connectivity index (χ1) is 5.74. The predicted octanol–water partition coefficient (Wildman–Crippen LogP) is 1.08. The second-order valence-electron chi connectivity index (χ2n) is 2.36. The molecular weight excluding hydrogens is 154 g/mol. The van der Waals surface area contributed by atoms with Gasteiger partial charge in [0.05, 0.1) is 17.6 Å². The molecule has 0 amide bonds. The first-order valence-electron chi connectivity index (χ1n) is 3.51. The Hall–Kier alpha value is -1.58. The fraction of sp³-hybridized carbons (Fsp3) is 0.250. The Bertz CT molecular complexity index is 320. The van der Waals surface area contributed by atoms with Crippen molar-refractivity contribution in [3.63, 3.8) is 0 Å². The van der Waals surface area contributed by atoms with Gasteiger partial charge in [-0.25, -0.2) is 15.0 Å². The molecule has 0 aromatic carbocycles. The average Bonchev–Trinajstić information content (AvgIpc) is 2.09. The third-order valence-corrected chi connectivity index (χ3v) is 1.35. The van der Waals surface area contributed by atoms with Crippen molar-refractivity contribution in [1.82, 2.24) is 9.97 Å². The molecule has 0 saturated carbocycles. The minimum absolute atomic E-state index is 0.424. The fourth-order valence-corrected chi connectivity index (χ4v) is 0.710. The summed E-state index contributed by atoms with van der Waals surface area (Å²) in [4.78, 5) is 22.0. The molecule has 12 heavy (non-hydrogen) atoms. The predicted molar refractivity (Wildman–Crippen MR) is 45.6 cm³/mol. The third-order valence-electron chi connectivity index (χ3n) is 1.35. The Morgan fingerprint density at radius 1 is 1.67 bits per heavy atom. The van der Waals surface area contributed by atoms with E-state index in [2.05, 4.69) is 15.0 Å². The van der Waals surface area contributed by atoms with E-state index in [1.807, 2.05) is 6.92 Å². The van der Waals surface area contributed by atoms with E-state index >= 15 is 0 Å². The number of aromatic nitrogens is 2. The summed E-state index contributed by atoms with van der Waals surface area (Å²) in [6.45, 7) is 3.46. The number of aliphatic imine (C=N–C) groups is 1. The summed E-state index contributed by atoms with van der Waals surface area (Å²) in [6, 6.07) is 0. The van der Waals surface area contributed by atoms with Crippen LogP contribution in [0.15, 0.2) is 17.5 Å². The van der Waals surface area contributed by atoms with E-state index in [9.17, 15) is 4.79 Å². The summed E-state index contributed by atoms with van der Waals surface area (Å²) in [6.07, 6.45) is 3.73. The molecule has 4 nitrogen and oxygen atoms in total. The molecule has 1 heterocycles. The number of nitrogens with zero attached hydrogens (tertiary/aromatic N) is 3. The van der Waals surface area contributed by atoms with Crippen LogP contribution in [0.5, 0.6) is 0 Å². The highest BCUT2D eigenvalue weighted by Crippen LogP contribution is 2.12. The molecule has 0 aliphatic carbocycles. The maximum Gasteiger partial charge on any atom is 0.163 e. The molecule has 0 atom stereocenters. The van der Waals surface area contributed by atoms with Crippen molar-refractivity contribution in [2.75, 3.05) is 0 Å². The van der Waals surface area contributed by atoms with Crippen molar-refractivity contribution in [2.45, 2.75) is 13.8 Å². The molecular formula is C8H9N3O. The summed E-state index contributed by atoms with van der Waals surface area (Å²) in [7, 11) is 0. The Balaban J connectivity index is 3.04. The number of hydrogen-bond acceptors (Lipinski definition) is 4. The maximum absolute atomic E-state index is 10.2. The third kappa shape index (κ3) is 1.95. The maximum atomic E-state index is 10.2. The molecule has 0 aliphatic rings. The minimum Gasteiger partial charge on any atom is -0.297 e. The van der Waals surface area contributed by atoms with E-state index in [4.69, 9.17) is 0 Å². The molecule has 0 N–H and O–H groups in total. The molecule has 0 spiro atoms. The summed E-state index contributed by atoms with van der Waals surface area (Å²) in [5, 5.41) is 0. The van der Waals surface area contributed by atoms with E-state index < -0.39 is 0 Å². The normalized spacial score (nSPS) is 11.3. The molecule has 0 bridgehead atoms. The van der Waals surface area contributed by atoms with Gasteiger partial charge in [-0.1, -0.05) is 0 Å². The molecule has 0 saturated heterocycles. The van der Waals surface area contributed by atoms with Crippen LogP contribution in [0.25, 0.3) is 0 Å². The van der Waals surface area contributed by atoms with Crippen molar-refractivity contribution in [3.05, 3.63) is 18.2 Å². The summed E-state index contributed by atoms with van der Waals surface area (Å²) < 4.78 is 0. The quantitative estimate of drug-likeness (QED) is 0.484. The van der Waals surface area contributed by atoms with Crippen LogP contribution in [0.2, 0.25) is 0 Å². The number of aldehydes is 1. The highest BCUT2D eigenvalue weighted by Gasteiger charge is 1.96. The highest BCUT2D eigenvalue weighted by molar-refractivity contribution is 6.27. The molecule has 1 rings (SSSR count). The second-order valence-corrected chi connectivity index (χ2v) is 2.36. The Labute approximate surface area is 70.4 Å². The lowest BCUT2D eigenvalue weighted by molar-refractivity contribution is -0.102. The molecule has 0 fully saturated rings. The lowest BCUT2D eigenvalue weighted by Gasteiger charge is -1.96. The van der Waals surface area contributed by atoms with Crippen LogP contribution in [-0.2, 0) is 4.79 Å². The van der Waals surface area contributed by atoms with Crippen LogP contribution < -0.4 is 0 Å². The van der Waals surface area contributed by atoms with Crippen molar-refractivity contribution in [3.8, 4) is 0 Å². The van der Waals surface area contributed by atoms with Gasteiger partial charge in [0, 0.05) is 0 Å². The van der Waals surface area contributed by atoms with E-state index in [0.717, 1.165) is 5.69 Å². The number of rotatable bonds is 2. The topological polar surface area (TPSA) is 55.2 Å². The lowest BCUT2D eigenvalue weighted by atomic mass is 10.3. The van der Waals surface area contributed by atoms with Crippen molar-refractivity contribution >= 4 is 17.7 Å². The van der Waals surface area contributed by atoms with Gasteiger partial charge in [0.15, 0.2) is 6.29 Å². The van der Waals surface area contributed by atoms with Crippen LogP contribution in [0.3, 0.4) is 0 Å². The first kappa shape index (κ1) is 8.52. The Morgan fingerprint density at radius 3 is 3.00 bits per heavy atom. The molecule has 0 aliphatic heterocycles. The number of carbonyl (C=O) groups is 1. The SMILES string of the molecule is CC(C=O)=Nc1cncnc1C. The zero-order valence-corrected chi connectivity index (χ0v) is 6.98. The number of aryl methyl sites for hydroxylation is 1. The summed E-state index contributed by atoms with van der Waals surface area (Å²) in [5.41, 5.74) is 1.83. The molecule has 1 aromatic rings. The standard InChI is InChI=1S/C8H9N3O/c1-6(4-12)11-8-3-9-5-10-7(8)2/h3-5H,1-2H3. The van der Waals surface area contributed by atoms with Gasteiger partial charge in [-0.3, -0.25) is 4.79 Å². The largest absolute Gasteiger partial charge is 0.297 e. The van der Waals surface area contributed by atoms with Gasteiger partial charge >= 0.3 is 0 Å². The summed E-state index contributed by atoms with van der Waals surface area (Å²) in [5.74, 6) is 0. The van der Waals surface area contributed by atoms with Crippen molar-refractivity contribution in [2.24, 2.45) is 4.99 Å². The van der Waals surface area contributed by atoms with Gasteiger partial charge in [-0.2, -0.15) is 0 Å². The molecule has 1 aromatic heterocycles. The first-order valence-corrected chi connectivity index (χ1v) is 3.51. The van der Waals surface area contributed by atoms with Crippen molar-refractivity contribution in [1.29, 1.82) is 0 Å². The van der Waals surface area contributed by atoms with E-state index in [-0.39, 0.29) is 0 Å². The smallest absolute Gasteiger partial charge is 0.163 e. The molecule has 0 radical (unpaired) electrons. The number of hydrogen-bond donors (Lipinski definition) is 0. The van der Waals surface area contributed by atoms with Crippen LogP contribution in [0.1, 0.15) is 12.6 Å². The Kier molecular flexibility index (Phi) is 2.63. The molecule has 0 unspecified atom stereocenters. The van der Waals surface area contributed by atoms with Gasteiger partial charge < -0.3 is 0 Å². The van der Waals surface area contributed by atoms with E-state index in [0.29, 0.717) is 17.7 Å². The zero-order chi connectivity index (χ0) is 8.97. The Morgan fingerprint density at radius 2 is 2.42 bits per heavy atom. The zero-order valence-electron chi connectivity index (χ0n) is 6.98. The van der Waals surface area contributed by atoms with Crippen LogP contribution >= 0.6 is 0 Å². The monoisotopic (exact) mass is 163 g/mol. The van der Waals surface area contributed by atoms with E-state index in [1.165, 1.54) is 6.33 Å². The highest BCUT2D eigenvalue weighted by atomic mass is 16.1. The number of carbonyl (C=O) groups excluding carboxylic acids is 1. The van der Waals surface area contributed by atoms with Crippen LogP contribution in [-0.4, -0.2) is 22.0 Å². The molecule has 4 heteroatoms. The van der Waals surface area contributed by atoms with Gasteiger partial charge in [0.25, 0.3) is 0 Å². The second kappa shape index (κ2) is 3.71. The summed E-state index contributed by atoms with van der Waals surface area (Å²) >= 11 is 0. The van der Waals surface area contributed by atoms with Crippen LogP contribution in [0.4, 0.5) is 5.69 Å². The fourth-order valence-electron chi connectivity index (χ4n) is 0.710. The lowest BCUT2D eigenvalue weighted by Crippen LogP contribution is -1.91. The van der Waals surface area contributed by atoms with Crippen LogP contribution in [0, 0.1) is 6.92 Å².